The van der Waals surface area contributed by atoms with Gasteiger partial charge in [0, 0.05) is 11.1 Å². The molecule has 1 aromatic heterocycles. The monoisotopic (exact) mass is 305 g/mol. The van der Waals surface area contributed by atoms with Crippen molar-refractivity contribution >= 4 is 16.8 Å². The fraction of sp³-hybridized carbons (Fsp3) is 0.158. The number of hydrogen-bond acceptors (Lipinski definition) is 2. The van der Waals surface area contributed by atoms with E-state index in [1.807, 2.05) is 26.0 Å². The Morgan fingerprint density at radius 1 is 1.22 bits per heavy atom. The molecule has 1 amide bonds. The van der Waals surface area contributed by atoms with Crippen LogP contribution >= 0.6 is 0 Å². The number of nitrogens with zero attached hydrogens (tertiary/aromatic N) is 1. The number of aromatic amines is 1. The summed E-state index contributed by atoms with van der Waals surface area (Å²) >= 11 is 0. The fourth-order valence-corrected chi connectivity index (χ4v) is 2.65. The number of aromatic nitrogens is 2. The molecule has 2 aromatic carbocycles. The van der Waals surface area contributed by atoms with Crippen LogP contribution in [0.25, 0.3) is 22.0 Å². The molecule has 1 atom stereocenters. The number of H-pyrrole nitrogens is 1. The van der Waals surface area contributed by atoms with Crippen LogP contribution < -0.4 is 5.32 Å². The number of carbonyl (C=O) groups excluding carboxylic acids is 1. The summed E-state index contributed by atoms with van der Waals surface area (Å²) in [5.74, 6) is -0.166. The summed E-state index contributed by atoms with van der Waals surface area (Å²) in [5.41, 5.74) is 5.35. The zero-order valence-electron chi connectivity index (χ0n) is 13.3. The van der Waals surface area contributed by atoms with E-state index in [-0.39, 0.29) is 11.9 Å². The number of rotatable bonds is 4. The van der Waals surface area contributed by atoms with E-state index < -0.39 is 0 Å². The zero-order chi connectivity index (χ0) is 16.4. The SMILES string of the molecule is C=CC(=O)N[C@H](C)c1ccc(-c2ccc3c(C)[nH]nc3c2)cc1. The summed E-state index contributed by atoms with van der Waals surface area (Å²) in [6.07, 6.45) is 1.28. The summed E-state index contributed by atoms with van der Waals surface area (Å²) in [6.45, 7) is 7.44. The molecule has 0 saturated heterocycles. The van der Waals surface area contributed by atoms with E-state index in [1.54, 1.807) is 0 Å². The van der Waals surface area contributed by atoms with E-state index in [0.29, 0.717) is 0 Å². The van der Waals surface area contributed by atoms with Crippen molar-refractivity contribution in [3.63, 3.8) is 0 Å². The van der Waals surface area contributed by atoms with Crippen LogP contribution in [0.4, 0.5) is 0 Å². The lowest BCUT2D eigenvalue weighted by Crippen LogP contribution is -2.24. The second kappa shape index (κ2) is 6.08. The highest BCUT2D eigenvalue weighted by molar-refractivity contribution is 5.87. The van der Waals surface area contributed by atoms with E-state index in [0.717, 1.165) is 33.3 Å². The standard InChI is InChI=1S/C19H19N3O/c1-4-19(23)20-12(2)14-5-7-15(8-6-14)16-9-10-17-13(3)21-22-18(17)11-16/h4-12H,1H2,2-3H3,(H,20,23)(H,21,22)/t12-/m1/s1. The Hall–Kier alpha value is -2.88. The molecule has 0 aliphatic rings. The highest BCUT2D eigenvalue weighted by atomic mass is 16.1. The average Bonchev–Trinajstić information content (AvgIpc) is 2.95. The summed E-state index contributed by atoms with van der Waals surface area (Å²) in [7, 11) is 0. The van der Waals surface area contributed by atoms with Gasteiger partial charge in [0.15, 0.2) is 0 Å². The van der Waals surface area contributed by atoms with Crippen molar-refractivity contribution in [1.29, 1.82) is 0 Å². The molecule has 0 aliphatic carbocycles. The lowest BCUT2D eigenvalue weighted by Gasteiger charge is -2.13. The van der Waals surface area contributed by atoms with E-state index >= 15 is 0 Å². The van der Waals surface area contributed by atoms with Gasteiger partial charge in [0.25, 0.3) is 0 Å². The van der Waals surface area contributed by atoms with Gasteiger partial charge in [-0.15, -0.1) is 0 Å². The van der Waals surface area contributed by atoms with Crippen LogP contribution in [0.2, 0.25) is 0 Å². The third-order valence-electron chi connectivity index (χ3n) is 4.03. The molecule has 3 aromatic rings. The number of fused-ring (bicyclic) bond motifs is 1. The molecule has 3 rings (SSSR count). The van der Waals surface area contributed by atoms with E-state index in [4.69, 9.17) is 0 Å². The van der Waals surface area contributed by atoms with Gasteiger partial charge in [0.2, 0.25) is 5.91 Å². The van der Waals surface area contributed by atoms with Crippen molar-refractivity contribution in [2.24, 2.45) is 0 Å². The van der Waals surface area contributed by atoms with Crippen LogP contribution in [-0.2, 0) is 4.79 Å². The maximum atomic E-state index is 11.4. The molecule has 2 N–H and O–H groups in total. The van der Waals surface area contributed by atoms with Crippen molar-refractivity contribution in [2.45, 2.75) is 19.9 Å². The van der Waals surface area contributed by atoms with Gasteiger partial charge >= 0.3 is 0 Å². The third-order valence-corrected chi connectivity index (χ3v) is 4.03. The molecule has 23 heavy (non-hydrogen) atoms. The quantitative estimate of drug-likeness (QED) is 0.718. The maximum Gasteiger partial charge on any atom is 0.243 e. The predicted molar refractivity (Wildman–Crippen MR) is 93.0 cm³/mol. The second-order valence-corrected chi connectivity index (χ2v) is 5.64. The lowest BCUT2D eigenvalue weighted by molar-refractivity contribution is -0.117. The zero-order valence-corrected chi connectivity index (χ0v) is 13.3. The first-order valence-corrected chi connectivity index (χ1v) is 7.56. The largest absolute Gasteiger partial charge is 0.346 e. The van der Waals surface area contributed by atoms with Crippen LogP contribution in [-0.4, -0.2) is 16.1 Å². The first-order chi connectivity index (χ1) is 11.1. The minimum atomic E-state index is -0.166. The highest BCUT2D eigenvalue weighted by Gasteiger charge is 2.08. The Morgan fingerprint density at radius 2 is 1.91 bits per heavy atom. The van der Waals surface area contributed by atoms with Crippen LogP contribution in [0.3, 0.4) is 0 Å². The molecule has 0 bridgehead atoms. The number of amides is 1. The fourth-order valence-electron chi connectivity index (χ4n) is 2.65. The van der Waals surface area contributed by atoms with Gasteiger partial charge in [0.1, 0.15) is 0 Å². The van der Waals surface area contributed by atoms with E-state index in [1.165, 1.54) is 6.08 Å². The van der Waals surface area contributed by atoms with Crippen molar-refractivity contribution < 1.29 is 4.79 Å². The number of carbonyl (C=O) groups is 1. The molecule has 0 radical (unpaired) electrons. The Morgan fingerprint density at radius 3 is 2.61 bits per heavy atom. The normalized spacial score (nSPS) is 12.1. The topological polar surface area (TPSA) is 57.8 Å². The number of benzene rings is 2. The second-order valence-electron chi connectivity index (χ2n) is 5.64. The van der Waals surface area contributed by atoms with Gasteiger partial charge in [-0.25, -0.2) is 0 Å². The summed E-state index contributed by atoms with van der Waals surface area (Å²) < 4.78 is 0. The molecular formula is C19H19N3O. The molecule has 1 heterocycles. The number of hydrogen-bond donors (Lipinski definition) is 2. The molecule has 0 fully saturated rings. The Labute approximate surface area is 135 Å². The molecule has 0 aliphatic heterocycles. The van der Waals surface area contributed by atoms with Crippen LogP contribution in [0.15, 0.2) is 55.1 Å². The molecule has 0 spiro atoms. The summed E-state index contributed by atoms with van der Waals surface area (Å²) in [4.78, 5) is 11.4. The van der Waals surface area contributed by atoms with Gasteiger partial charge < -0.3 is 5.32 Å². The van der Waals surface area contributed by atoms with Crippen LogP contribution in [0.1, 0.15) is 24.2 Å². The molecule has 116 valence electrons. The Balaban J connectivity index is 1.85. The minimum Gasteiger partial charge on any atom is -0.346 e. The van der Waals surface area contributed by atoms with Gasteiger partial charge in [-0.2, -0.15) is 5.10 Å². The summed E-state index contributed by atoms with van der Waals surface area (Å²) in [5, 5.41) is 11.3. The Bertz CT molecular complexity index is 862. The van der Waals surface area contributed by atoms with Gasteiger partial charge in [-0.05, 0) is 42.7 Å². The van der Waals surface area contributed by atoms with Crippen molar-refractivity contribution in [3.05, 3.63) is 66.4 Å². The van der Waals surface area contributed by atoms with Crippen molar-refractivity contribution in [3.8, 4) is 11.1 Å². The third kappa shape index (κ3) is 3.01. The Kier molecular flexibility index (Phi) is 3.98. The number of nitrogens with one attached hydrogen (secondary N) is 2. The molecule has 0 saturated carbocycles. The van der Waals surface area contributed by atoms with Crippen LogP contribution in [0, 0.1) is 6.92 Å². The average molecular weight is 305 g/mol. The highest BCUT2D eigenvalue weighted by Crippen LogP contribution is 2.26. The summed E-state index contributed by atoms with van der Waals surface area (Å²) in [6, 6.07) is 14.4. The van der Waals surface area contributed by atoms with Crippen molar-refractivity contribution in [2.75, 3.05) is 0 Å². The van der Waals surface area contributed by atoms with Gasteiger partial charge in [0.05, 0.1) is 11.6 Å². The first-order valence-electron chi connectivity index (χ1n) is 7.56. The molecule has 4 heteroatoms. The molecule has 0 unspecified atom stereocenters. The molecular weight excluding hydrogens is 286 g/mol. The minimum absolute atomic E-state index is 0.0500. The van der Waals surface area contributed by atoms with Crippen molar-refractivity contribution in [1.82, 2.24) is 15.5 Å². The predicted octanol–water partition coefficient (Wildman–Crippen LogP) is 3.90. The number of aryl methyl sites for hydroxylation is 1. The first kappa shape index (κ1) is 15.0. The lowest BCUT2D eigenvalue weighted by atomic mass is 10.0. The van der Waals surface area contributed by atoms with Crippen LogP contribution in [0.5, 0.6) is 0 Å². The maximum absolute atomic E-state index is 11.4. The van der Waals surface area contributed by atoms with E-state index in [9.17, 15) is 4.79 Å². The van der Waals surface area contributed by atoms with Gasteiger partial charge in [-0.1, -0.05) is 43.0 Å². The van der Waals surface area contributed by atoms with E-state index in [2.05, 4.69) is 52.4 Å². The molecule has 4 nitrogen and oxygen atoms in total. The smallest absolute Gasteiger partial charge is 0.243 e. The van der Waals surface area contributed by atoms with Gasteiger partial charge in [-0.3, -0.25) is 9.89 Å².